The number of rotatable bonds is 4. The van der Waals surface area contributed by atoms with E-state index in [0.29, 0.717) is 6.61 Å². The summed E-state index contributed by atoms with van der Waals surface area (Å²) in [7, 11) is 1.57. The van der Waals surface area contributed by atoms with Crippen molar-refractivity contribution in [1.82, 2.24) is 0 Å². The first kappa shape index (κ1) is 9.17. The highest BCUT2D eigenvalue weighted by Gasteiger charge is 2.03. The molecule has 0 spiro atoms. The second kappa shape index (κ2) is 4.99. The van der Waals surface area contributed by atoms with Crippen LogP contribution in [0, 0.1) is 5.92 Å². The van der Waals surface area contributed by atoms with Crippen molar-refractivity contribution in [2.24, 2.45) is 5.92 Å². The first-order chi connectivity index (χ1) is 4.68. The van der Waals surface area contributed by atoms with E-state index in [1.54, 1.807) is 26.2 Å². The lowest BCUT2D eigenvalue weighted by Gasteiger charge is -1.95. The van der Waals surface area contributed by atoms with Gasteiger partial charge in [-0.1, -0.05) is 12.2 Å². The highest BCUT2D eigenvalue weighted by atomic mass is 16.5. The number of carbonyl (C=O) groups is 1. The van der Waals surface area contributed by atoms with Crippen LogP contribution in [-0.4, -0.2) is 24.8 Å². The lowest BCUT2D eigenvalue weighted by molar-refractivity contribution is -0.139. The van der Waals surface area contributed by atoms with E-state index in [-0.39, 0.29) is 0 Å². The maximum atomic E-state index is 10.2. The largest absolute Gasteiger partial charge is 0.481 e. The second-order valence-electron chi connectivity index (χ2n) is 2.01. The lowest BCUT2D eigenvalue weighted by Crippen LogP contribution is -2.05. The lowest BCUT2D eigenvalue weighted by atomic mass is 10.2. The minimum Gasteiger partial charge on any atom is -0.481 e. The van der Waals surface area contributed by atoms with Crippen molar-refractivity contribution in [2.45, 2.75) is 6.92 Å². The molecule has 10 heavy (non-hydrogen) atoms. The van der Waals surface area contributed by atoms with Crippen molar-refractivity contribution in [1.29, 1.82) is 0 Å². The molecule has 0 aliphatic rings. The van der Waals surface area contributed by atoms with Gasteiger partial charge in [0.05, 0.1) is 12.5 Å². The summed E-state index contributed by atoms with van der Waals surface area (Å²) in [5.74, 6) is -1.23. The monoisotopic (exact) mass is 144 g/mol. The molecule has 0 aromatic heterocycles. The van der Waals surface area contributed by atoms with E-state index in [1.807, 2.05) is 0 Å². The van der Waals surface area contributed by atoms with E-state index in [9.17, 15) is 4.79 Å². The van der Waals surface area contributed by atoms with Crippen molar-refractivity contribution < 1.29 is 14.6 Å². The van der Waals surface area contributed by atoms with Gasteiger partial charge in [-0.3, -0.25) is 4.79 Å². The molecular weight excluding hydrogens is 132 g/mol. The molecule has 0 amide bonds. The van der Waals surface area contributed by atoms with E-state index < -0.39 is 11.9 Å². The average Bonchev–Trinajstić information content (AvgIpc) is 1.88. The molecule has 1 unspecified atom stereocenters. The number of methoxy groups -OCH3 is 1. The fraction of sp³-hybridized carbons (Fsp3) is 0.571. The Kier molecular flexibility index (Phi) is 4.58. The van der Waals surface area contributed by atoms with Gasteiger partial charge in [0.15, 0.2) is 0 Å². The second-order valence-corrected chi connectivity index (χ2v) is 2.01. The molecule has 0 aromatic carbocycles. The zero-order valence-electron chi connectivity index (χ0n) is 6.20. The molecule has 0 saturated carbocycles. The summed E-state index contributed by atoms with van der Waals surface area (Å²) in [4.78, 5) is 10.2. The topological polar surface area (TPSA) is 46.5 Å². The molecule has 0 heterocycles. The van der Waals surface area contributed by atoms with Gasteiger partial charge in [0.25, 0.3) is 0 Å². The summed E-state index contributed by atoms with van der Waals surface area (Å²) in [6.45, 7) is 2.09. The van der Waals surface area contributed by atoms with Crippen molar-refractivity contribution in [3.8, 4) is 0 Å². The van der Waals surface area contributed by atoms with E-state index in [4.69, 9.17) is 9.84 Å². The summed E-state index contributed by atoms with van der Waals surface area (Å²) >= 11 is 0. The summed E-state index contributed by atoms with van der Waals surface area (Å²) in [5, 5.41) is 8.39. The quantitative estimate of drug-likeness (QED) is 0.596. The number of carboxylic acid groups (broad SMARTS) is 1. The fourth-order valence-electron chi connectivity index (χ4n) is 0.438. The molecule has 3 nitrogen and oxygen atoms in total. The van der Waals surface area contributed by atoms with Crippen molar-refractivity contribution in [3.05, 3.63) is 12.2 Å². The minimum absolute atomic E-state index is 0.421. The van der Waals surface area contributed by atoms with Crippen LogP contribution in [0.1, 0.15) is 6.92 Å². The molecule has 0 aromatic rings. The van der Waals surface area contributed by atoms with Gasteiger partial charge in [-0.15, -0.1) is 0 Å². The van der Waals surface area contributed by atoms with Crippen molar-refractivity contribution in [3.63, 3.8) is 0 Å². The Bertz CT molecular complexity index is 129. The normalized spacial score (nSPS) is 13.8. The predicted octanol–water partition coefficient (Wildman–Crippen LogP) is 0.910. The van der Waals surface area contributed by atoms with Crippen molar-refractivity contribution >= 4 is 5.97 Å². The summed E-state index contributed by atoms with van der Waals surface area (Å²) in [6.07, 6.45) is 3.30. The number of hydrogen-bond acceptors (Lipinski definition) is 2. The highest BCUT2D eigenvalue weighted by Crippen LogP contribution is 1.95. The zero-order chi connectivity index (χ0) is 7.98. The first-order valence-electron chi connectivity index (χ1n) is 3.07. The zero-order valence-corrected chi connectivity index (χ0v) is 6.20. The van der Waals surface area contributed by atoms with Crippen LogP contribution in [0.5, 0.6) is 0 Å². The molecule has 0 fully saturated rings. The van der Waals surface area contributed by atoms with Crippen LogP contribution in [0.4, 0.5) is 0 Å². The molecule has 3 heteroatoms. The molecule has 1 atom stereocenters. The van der Waals surface area contributed by atoms with Gasteiger partial charge in [0, 0.05) is 7.11 Å². The third-order valence-corrected chi connectivity index (χ3v) is 1.08. The molecule has 0 saturated heterocycles. The Morgan fingerprint density at radius 2 is 2.40 bits per heavy atom. The first-order valence-corrected chi connectivity index (χ1v) is 3.07. The van der Waals surface area contributed by atoms with Crippen molar-refractivity contribution in [2.75, 3.05) is 13.7 Å². The molecule has 0 radical (unpaired) electrons. The van der Waals surface area contributed by atoms with Gasteiger partial charge in [0.2, 0.25) is 0 Å². The highest BCUT2D eigenvalue weighted by molar-refractivity contribution is 5.71. The number of hydrogen-bond donors (Lipinski definition) is 1. The van der Waals surface area contributed by atoms with Gasteiger partial charge < -0.3 is 9.84 Å². The molecular formula is C7H12O3. The Balaban J connectivity index is 3.55. The summed E-state index contributed by atoms with van der Waals surface area (Å²) in [6, 6.07) is 0. The molecule has 0 aliphatic carbocycles. The summed E-state index contributed by atoms with van der Waals surface area (Å²) in [5.41, 5.74) is 0. The SMILES string of the molecule is COC/C=C/C(C)C(=O)O. The van der Waals surface area contributed by atoms with E-state index in [2.05, 4.69) is 0 Å². The molecule has 0 rings (SSSR count). The van der Waals surface area contributed by atoms with Crippen LogP contribution in [-0.2, 0) is 9.53 Å². The standard InChI is InChI=1S/C7H12O3/c1-6(7(8)9)4-3-5-10-2/h3-4,6H,5H2,1-2H3,(H,8,9)/b4-3+. The van der Waals surface area contributed by atoms with Crippen LogP contribution in [0.2, 0.25) is 0 Å². The molecule has 0 bridgehead atoms. The average molecular weight is 144 g/mol. The number of carboxylic acids is 1. The van der Waals surface area contributed by atoms with E-state index >= 15 is 0 Å². The Labute approximate surface area is 60.3 Å². The predicted molar refractivity (Wildman–Crippen MR) is 37.8 cm³/mol. The molecule has 1 N–H and O–H groups in total. The van der Waals surface area contributed by atoms with Gasteiger partial charge >= 0.3 is 5.97 Å². The van der Waals surface area contributed by atoms with Gasteiger partial charge in [-0.05, 0) is 6.92 Å². The maximum absolute atomic E-state index is 10.2. The van der Waals surface area contributed by atoms with E-state index in [1.165, 1.54) is 0 Å². The van der Waals surface area contributed by atoms with E-state index in [0.717, 1.165) is 0 Å². The Morgan fingerprint density at radius 3 is 2.80 bits per heavy atom. The van der Waals surface area contributed by atoms with Crippen LogP contribution < -0.4 is 0 Å². The van der Waals surface area contributed by atoms with Crippen LogP contribution in [0.3, 0.4) is 0 Å². The third-order valence-electron chi connectivity index (χ3n) is 1.08. The third kappa shape index (κ3) is 4.09. The van der Waals surface area contributed by atoms with Gasteiger partial charge in [0.1, 0.15) is 0 Å². The number of ether oxygens (including phenoxy) is 1. The van der Waals surface area contributed by atoms with Crippen LogP contribution in [0.25, 0.3) is 0 Å². The summed E-state index contributed by atoms with van der Waals surface area (Å²) < 4.78 is 4.69. The van der Waals surface area contributed by atoms with Crippen LogP contribution >= 0.6 is 0 Å². The Hall–Kier alpha value is -0.830. The Morgan fingerprint density at radius 1 is 1.80 bits per heavy atom. The van der Waals surface area contributed by atoms with Gasteiger partial charge in [-0.2, -0.15) is 0 Å². The van der Waals surface area contributed by atoms with Gasteiger partial charge in [-0.25, -0.2) is 0 Å². The molecule has 58 valence electrons. The number of aliphatic carboxylic acids is 1. The van der Waals surface area contributed by atoms with Crippen LogP contribution in [0.15, 0.2) is 12.2 Å². The fourth-order valence-corrected chi connectivity index (χ4v) is 0.438. The maximum Gasteiger partial charge on any atom is 0.310 e. The minimum atomic E-state index is -0.813. The smallest absolute Gasteiger partial charge is 0.310 e. The molecule has 0 aliphatic heterocycles.